The molecule has 2 aliphatic heterocycles. The van der Waals surface area contributed by atoms with Crippen LogP contribution in [0, 0.1) is 18.8 Å². The van der Waals surface area contributed by atoms with E-state index >= 15 is 0 Å². The quantitative estimate of drug-likeness (QED) is 0.844. The number of rotatable bonds is 5. The summed E-state index contributed by atoms with van der Waals surface area (Å²) >= 11 is 1.83. The molecule has 0 radical (unpaired) electrons. The van der Waals surface area contributed by atoms with Crippen molar-refractivity contribution in [1.82, 2.24) is 9.88 Å². The molecule has 2 aromatic rings. The van der Waals surface area contributed by atoms with Crippen LogP contribution in [0.3, 0.4) is 0 Å². The van der Waals surface area contributed by atoms with Gasteiger partial charge in [0.15, 0.2) is 0 Å². The van der Waals surface area contributed by atoms with Gasteiger partial charge in [-0.3, -0.25) is 9.88 Å². The van der Waals surface area contributed by atoms with E-state index in [1.807, 2.05) is 30.4 Å². The van der Waals surface area contributed by atoms with E-state index in [-0.39, 0.29) is 0 Å². The van der Waals surface area contributed by atoms with Crippen LogP contribution < -0.4 is 4.74 Å². The number of pyridine rings is 1. The lowest BCUT2D eigenvalue weighted by Crippen LogP contribution is -2.26. The second-order valence-corrected chi connectivity index (χ2v) is 7.55. The van der Waals surface area contributed by atoms with Crippen LogP contribution in [0.1, 0.15) is 10.6 Å². The summed E-state index contributed by atoms with van der Waals surface area (Å²) in [6, 6.07) is 8.32. The number of fused-ring (bicyclic) bond motifs is 1. The lowest BCUT2D eigenvalue weighted by atomic mass is 9.94. The molecule has 0 saturated carbocycles. The third-order valence-electron chi connectivity index (χ3n) is 4.82. The van der Waals surface area contributed by atoms with Crippen molar-refractivity contribution in [3.05, 3.63) is 46.4 Å². The highest BCUT2D eigenvalue weighted by Crippen LogP contribution is 2.35. The molecule has 4 rings (SSSR count). The number of hydrogen-bond acceptors (Lipinski definition) is 5. The first-order valence-electron chi connectivity index (χ1n) is 8.20. The van der Waals surface area contributed by atoms with Gasteiger partial charge in [0, 0.05) is 42.0 Å². The van der Waals surface area contributed by atoms with E-state index in [4.69, 9.17) is 9.47 Å². The lowest BCUT2D eigenvalue weighted by Gasteiger charge is -2.19. The first-order chi connectivity index (χ1) is 11.3. The number of likely N-dealkylation sites (tertiary alicyclic amines) is 1. The Hall–Kier alpha value is -1.43. The minimum Gasteiger partial charge on any atom is -0.492 e. The van der Waals surface area contributed by atoms with Crippen LogP contribution in [-0.2, 0) is 11.3 Å². The van der Waals surface area contributed by atoms with Crippen molar-refractivity contribution in [3.63, 3.8) is 0 Å². The summed E-state index contributed by atoms with van der Waals surface area (Å²) in [6.45, 7) is 6.73. The van der Waals surface area contributed by atoms with Crippen LogP contribution >= 0.6 is 11.3 Å². The molecule has 0 aromatic carbocycles. The van der Waals surface area contributed by atoms with Gasteiger partial charge in [0.05, 0.1) is 25.5 Å². The highest BCUT2D eigenvalue weighted by Gasteiger charge is 2.43. The van der Waals surface area contributed by atoms with Gasteiger partial charge >= 0.3 is 0 Å². The summed E-state index contributed by atoms with van der Waals surface area (Å²) in [5.41, 5.74) is 1.02. The molecule has 0 bridgehead atoms. The minimum atomic E-state index is 0.375. The minimum absolute atomic E-state index is 0.375. The van der Waals surface area contributed by atoms with Crippen molar-refractivity contribution in [2.75, 3.05) is 26.3 Å². The van der Waals surface area contributed by atoms with Gasteiger partial charge in [0.25, 0.3) is 0 Å². The Morgan fingerprint density at radius 2 is 2.30 bits per heavy atom. The molecule has 122 valence electrons. The molecule has 0 spiro atoms. The van der Waals surface area contributed by atoms with Gasteiger partial charge in [-0.2, -0.15) is 0 Å². The largest absolute Gasteiger partial charge is 0.492 e. The zero-order chi connectivity index (χ0) is 15.6. The van der Waals surface area contributed by atoms with Gasteiger partial charge in [-0.15, -0.1) is 11.3 Å². The maximum atomic E-state index is 6.01. The molecule has 2 aromatic heterocycles. The van der Waals surface area contributed by atoms with Crippen molar-refractivity contribution in [3.8, 4) is 5.75 Å². The average molecular weight is 330 g/mol. The fourth-order valence-electron chi connectivity index (χ4n) is 3.55. The second-order valence-electron chi connectivity index (χ2n) is 6.52. The molecule has 0 amide bonds. The first-order valence-corrected chi connectivity index (χ1v) is 9.08. The molecule has 2 aliphatic rings. The standard InChI is InChI=1S/C18H22N2O2S/c1-13-4-5-15(7-19-13)21-11-14-12-22-18-10-20(9-17(14)18)8-16-3-2-6-23-16/h2-7,14,17-18H,8-12H2,1H3/t14-,17-,18-/m1/s1. The van der Waals surface area contributed by atoms with Gasteiger partial charge in [-0.1, -0.05) is 6.07 Å². The summed E-state index contributed by atoms with van der Waals surface area (Å²) in [6.07, 6.45) is 2.18. The summed E-state index contributed by atoms with van der Waals surface area (Å²) < 4.78 is 11.9. The monoisotopic (exact) mass is 330 g/mol. The number of aromatic nitrogens is 1. The molecule has 0 unspecified atom stereocenters. The van der Waals surface area contributed by atoms with Gasteiger partial charge < -0.3 is 9.47 Å². The summed E-state index contributed by atoms with van der Waals surface area (Å²) in [4.78, 5) is 8.23. The van der Waals surface area contributed by atoms with Crippen molar-refractivity contribution in [1.29, 1.82) is 0 Å². The van der Waals surface area contributed by atoms with E-state index in [0.29, 0.717) is 17.9 Å². The molecule has 5 heteroatoms. The van der Waals surface area contributed by atoms with Gasteiger partial charge in [0.2, 0.25) is 0 Å². The van der Waals surface area contributed by atoms with Gasteiger partial charge in [0.1, 0.15) is 5.75 Å². The fourth-order valence-corrected chi connectivity index (χ4v) is 4.29. The molecule has 3 atom stereocenters. The summed E-state index contributed by atoms with van der Waals surface area (Å²) in [5, 5.41) is 2.15. The normalized spacial score (nSPS) is 27.3. The van der Waals surface area contributed by atoms with E-state index < -0.39 is 0 Å². The van der Waals surface area contributed by atoms with E-state index in [2.05, 4.69) is 27.4 Å². The number of ether oxygens (including phenoxy) is 2. The average Bonchev–Trinajstić information content (AvgIpc) is 3.25. The maximum Gasteiger partial charge on any atom is 0.137 e. The topological polar surface area (TPSA) is 34.6 Å². The Balaban J connectivity index is 1.32. The molecular formula is C18H22N2O2S. The van der Waals surface area contributed by atoms with E-state index in [1.165, 1.54) is 4.88 Å². The molecular weight excluding hydrogens is 308 g/mol. The van der Waals surface area contributed by atoms with Crippen molar-refractivity contribution in [2.45, 2.75) is 19.6 Å². The number of thiophene rings is 1. The molecule has 2 fully saturated rings. The molecule has 23 heavy (non-hydrogen) atoms. The Morgan fingerprint density at radius 1 is 1.35 bits per heavy atom. The van der Waals surface area contributed by atoms with Crippen LogP contribution in [0.15, 0.2) is 35.8 Å². The second kappa shape index (κ2) is 6.59. The molecule has 4 heterocycles. The molecule has 2 saturated heterocycles. The highest BCUT2D eigenvalue weighted by atomic mass is 32.1. The number of aryl methyl sites for hydroxylation is 1. The fraction of sp³-hybridized carbons (Fsp3) is 0.500. The van der Waals surface area contributed by atoms with Crippen LogP contribution in [-0.4, -0.2) is 42.3 Å². The van der Waals surface area contributed by atoms with Crippen LogP contribution in [0.5, 0.6) is 5.75 Å². The van der Waals surface area contributed by atoms with Crippen molar-refractivity contribution >= 4 is 11.3 Å². The summed E-state index contributed by atoms with van der Waals surface area (Å²) in [5.74, 6) is 1.93. The molecule has 0 aliphatic carbocycles. The third-order valence-corrected chi connectivity index (χ3v) is 5.68. The van der Waals surface area contributed by atoms with Crippen molar-refractivity contribution in [2.24, 2.45) is 11.8 Å². The highest BCUT2D eigenvalue weighted by molar-refractivity contribution is 7.09. The van der Waals surface area contributed by atoms with Gasteiger partial charge in [-0.05, 0) is 30.5 Å². The Kier molecular flexibility index (Phi) is 4.33. The van der Waals surface area contributed by atoms with Crippen LogP contribution in [0.4, 0.5) is 0 Å². The van der Waals surface area contributed by atoms with E-state index in [0.717, 1.165) is 44.3 Å². The maximum absolute atomic E-state index is 6.01. The smallest absolute Gasteiger partial charge is 0.137 e. The predicted octanol–water partition coefficient (Wildman–Crippen LogP) is 2.98. The van der Waals surface area contributed by atoms with Crippen molar-refractivity contribution < 1.29 is 9.47 Å². The van der Waals surface area contributed by atoms with E-state index in [9.17, 15) is 0 Å². The Labute approximate surface area is 141 Å². The SMILES string of the molecule is Cc1ccc(OC[C@@H]2CO[C@@H]3CN(Cc4cccs4)C[C@H]23)cn1. The molecule has 0 N–H and O–H groups in total. The van der Waals surface area contributed by atoms with Crippen LogP contribution in [0.2, 0.25) is 0 Å². The Morgan fingerprint density at radius 3 is 3.09 bits per heavy atom. The first kappa shape index (κ1) is 15.1. The third kappa shape index (κ3) is 3.42. The zero-order valence-corrected chi connectivity index (χ0v) is 14.2. The number of hydrogen-bond donors (Lipinski definition) is 0. The van der Waals surface area contributed by atoms with Crippen LogP contribution in [0.25, 0.3) is 0 Å². The lowest BCUT2D eigenvalue weighted by molar-refractivity contribution is 0.0899. The zero-order valence-electron chi connectivity index (χ0n) is 13.4. The van der Waals surface area contributed by atoms with E-state index in [1.54, 1.807) is 6.20 Å². The molecule has 4 nitrogen and oxygen atoms in total. The van der Waals surface area contributed by atoms with Gasteiger partial charge in [-0.25, -0.2) is 0 Å². The number of nitrogens with zero attached hydrogens (tertiary/aromatic N) is 2. The predicted molar refractivity (Wildman–Crippen MR) is 90.8 cm³/mol. The Bertz CT molecular complexity index is 629. The summed E-state index contributed by atoms with van der Waals surface area (Å²) in [7, 11) is 0.